The summed E-state index contributed by atoms with van der Waals surface area (Å²) in [5.41, 5.74) is 9.70. The number of nitrogens with zero attached hydrogens (tertiary/aromatic N) is 2. The average Bonchev–Trinajstić information content (AvgIpc) is 2.76. The molecule has 3 rings (SSSR count). The van der Waals surface area contributed by atoms with Gasteiger partial charge in [-0.15, -0.1) is 0 Å². The van der Waals surface area contributed by atoms with E-state index in [9.17, 15) is 4.39 Å². The average molecular weight is 256 g/mol. The first-order valence-electron chi connectivity index (χ1n) is 5.93. The first-order chi connectivity index (χ1) is 9.06. The molecule has 4 nitrogen and oxygen atoms in total. The van der Waals surface area contributed by atoms with Gasteiger partial charge >= 0.3 is 0 Å². The number of aromatic nitrogens is 3. The monoisotopic (exact) mass is 256 g/mol. The van der Waals surface area contributed by atoms with E-state index in [1.807, 2.05) is 26.1 Å². The number of aromatic amines is 1. The van der Waals surface area contributed by atoms with Gasteiger partial charge in [0.05, 0.1) is 5.69 Å². The van der Waals surface area contributed by atoms with Gasteiger partial charge in [0.1, 0.15) is 5.65 Å². The lowest BCUT2D eigenvalue weighted by Crippen LogP contribution is -1.98. The number of fused-ring (bicyclic) bond motifs is 1. The third-order valence-corrected chi connectivity index (χ3v) is 3.12. The first kappa shape index (κ1) is 11.6. The topological polar surface area (TPSA) is 67.6 Å². The van der Waals surface area contributed by atoms with Crippen molar-refractivity contribution in [3.63, 3.8) is 0 Å². The minimum atomic E-state index is -0.490. The largest absolute Gasteiger partial charge is 0.381 e. The van der Waals surface area contributed by atoms with Gasteiger partial charge in [-0.25, -0.2) is 14.4 Å². The summed E-state index contributed by atoms with van der Waals surface area (Å²) in [6.07, 6.45) is 3.62. The van der Waals surface area contributed by atoms with E-state index in [1.54, 1.807) is 6.20 Å². The van der Waals surface area contributed by atoms with Crippen LogP contribution in [0.25, 0.3) is 22.3 Å². The number of halogens is 1. The lowest BCUT2D eigenvalue weighted by atomic mass is 10.1. The summed E-state index contributed by atoms with van der Waals surface area (Å²) < 4.78 is 13.4. The summed E-state index contributed by atoms with van der Waals surface area (Å²) in [4.78, 5) is 11.5. The van der Waals surface area contributed by atoms with Crippen LogP contribution in [0.3, 0.4) is 0 Å². The standard InChI is InChI=1S/C14H13FN4/c1-7-3-9-10(6-18-14(9)17-5-7)12-8(2)4-11(15)13(16)19-12/h3-6H,1-2H3,(H2,16,19)(H,17,18). The van der Waals surface area contributed by atoms with Gasteiger partial charge in [0.25, 0.3) is 0 Å². The van der Waals surface area contributed by atoms with E-state index in [2.05, 4.69) is 15.0 Å². The smallest absolute Gasteiger partial charge is 0.165 e. The zero-order valence-corrected chi connectivity index (χ0v) is 10.7. The molecular formula is C14H13FN4. The highest BCUT2D eigenvalue weighted by atomic mass is 19.1. The molecule has 0 saturated heterocycles. The fourth-order valence-electron chi connectivity index (χ4n) is 2.17. The summed E-state index contributed by atoms with van der Waals surface area (Å²) in [6.45, 7) is 3.79. The number of hydrogen-bond donors (Lipinski definition) is 2. The van der Waals surface area contributed by atoms with Crippen LogP contribution in [0.2, 0.25) is 0 Å². The molecule has 0 saturated carbocycles. The fraction of sp³-hybridized carbons (Fsp3) is 0.143. The second kappa shape index (κ2) is 4.05. The van der Waals surface area contributed by atoms with Gasteiger partial charge in [0, 0.05) is 23.3 Å². The van der Waals surface area contributed by atoms with Crippen LogP contribution in [0, 0.1) is 19.7 Å². The number of nitrogen functional groups attached to an aromatic ring is 1. The number of pyridine rings is 2. The SMILES string of the molecule is Cc1cnc2[nH]cc(-c3nc(N)c(F)cc3C)c2c1. The second-order valence-electron chi connectivity index (χ2n) is 4.63. The molecule has 0 aliphatic heterocycles. The molecule has 3 heterocycles. The van der Waals surface area contributed by atoms with Crippen LogP contribution in [0.15, 0.2) is 24.5 Å². The Morgan fingerprint density at radius 3 is 2.84 bits per heavy atom. The molecular weight excluding hydrogens is 243 g/mol. The van der Waals surface area contributed by atoms with Crippen molar-refractivity contribution in [2.24, 2.45) is 0 Å². The number of rotatable bonds is 1. The number of H-pyrrole nitrogens is 1. The van der Waals surface area contributed by atoms with Crippen LogP contribution in [-0.4, -0.2) is 15.0 Å². The van der Waals surface area contributed by atoms with Crippen molar-refractivity contribution in [2.75, 3.05) is 5.73 Å². The Morgan fingerprint density at radius 2 is 2.05 bits per heavy atom. The third-order valence-electron chi connectivity index (χ3n) is 3.12. The molecule has 0 aliphatic carbocycles. The zero-order chi connectivity index (χ0) is 13.6. The fourth-order valence-corrected chi connectivity index (χ4v) is 2.17. The highest BCUT2D eigenvalue weighted by Crippen LogP contribution is 2.30. The molecule has 0 aliphatic rings. The van der Waals surface area contributed by atoms with Crippen molar-refractivity contribution in [3.05, 3.63) is 41.5 Å². The van der Waals surface area contributed by atoms with Crippen LogP contribution < -0.4 is 5.73 Å². The van der Waals surface area contributed by atoms with E-state index >= 15 is 0 Å². The van der Waals surface area contributed by atoms with E-state index in [-0.39, 0.29) is 5.82 Å². The molecule has 0 bridgehead atoms. The van der Waals surface area contributed by atoms with E-state index in [0.717, 1.165) is 27.7 Å². The zero-order valence-electron chi connectivity index (χ0n) is 10.7. The molecule has 0 aromatic carbocycles. The Labute approximate surface area is 109 Å². The Balaban J connectivity index is 2.30. The lowest BCUT2D eigenvalue weighted by molar-refractivity contribution is 0.626. The molecule has 96 valence electrons. The van der Waals surface area contributed by atoms with Crippen molar-refractivity contribution >= 4 is 16.9 Å². The second-order valence-corrected chi connectivity index (χ2v) is 4.63. The van der Waals surface area contributed by atoms with E-state index < -0.39 is 5.82 Å². The maximum atomic E-state index is 13.4. The van der Waals surface area contributed by atoms with Gasteiger partial charge in [-0.1, -0.05) is 0 Å². The summed E-state index contributed by atoms with van der Waals surface area (Å²) >= 11 is 0. The first-order valence-corrected chi connectivity index (χ1v) is 5.93. The number of nitrogens with one attached hydrogen (secondary N) is 1. The third kappa shape index (κ3) is 1.83. The lowest BCUT2D eigenvalue weighted by Gasteiger charge is -2.06. The quantitative estimate of drug-likeness (QED) is 0.703. The number of anilines is 1. The molecule has 0 spiro atoms. The van der Waals surface area contributed by atoms with Gasteiger partial charge in [-0.3, -0.25) is 0 Å². The number of aryl methyl sites for hydroxylation is 2. The van der Waals surface area contributed by atoms with Crippen molar-refractivity contribution in [1.29, 1.82) is 0 Å². The molecule has 3 N–H and O–H groups in total. The molecule has 0 radical (unpaired) electrons. The minimum absolute atomic E-state index is 0.0874. The van der Waals surface area contributed by atoms with E-state index in [1.165, 1.54) is 6.07 Å². The Bertz CT molecular complexity index is 776. The highest BCUT2D eigenvalue weighted by Gasteiger charge is 2.13. The van der Waals surface area contributed by atoms with Crippen molar-refractivity contribution in [1.82, 2.24) is 15.0 Å². The molecule has 3 aromatic heterocycles. The molecule has 3 aromatic rings. The summed E-state index contributed by atoms with van der Waals surface area (Å²) in [5, 5.41) is 0.960. The molecule has 19 heavy (non-hydrogen) atoms. The summed E-state index contributed by atoms with van der Waals surface area (Å²) in [5.74, 6) is -0.578. The minimum Gasteiger partial charge on any atom is -0.381 e. The van der Waals surface area contributed by atoms with Crippen molar-refractivity contribution < 1.29 is 4.39 Å². The van der Waals surface area contributed by atoms with Crippen molar-refractivity contribution in [3.8, 4) is 11.3 Å². The summed E-state index contributed by atoms with van der Waals surface area (Å²) in [6, 6.07) is 3.43. The Kier molecular flexibility index (Phi) is 2.48. The predicted octanol–water partition coefficient (Wildman–Crippen LogP) is 2.96. The molecule has 0 unspecified atom stereocenters. The van der Waals surface area contributed by atoms with Crippen LogP contribution in [-0.2, 0) is 0 Å². The van der Waals surface area contributed by atoms with Gasteiger partial charge in [0.2, 0.25) is 0 Å². The van der Waals surface area contributed by atoms with Crippen LogP contribution in [0.1, 0.15) is 11.1 Å². The van der Waals surface area contributed by atoms with Crippen LogP contribution in [0.4, 0.5) is 10.2 Å². The van der Waals surface area contributed by atoms with Gasteiger partial charge < -0.3 is 10.7 Å². The van der Waals surface area contributed by atoms with Gasteiger partial charge in [-0.05, 0) is 37.1 Å². The molecule has 5 heteroatoms. The van der Waals surface area contributed by atoms with E-state index in [0.29, 0.717) is 5.69 Å². The van der Waals surface area contributed by atoms with Gasteiger partial charge in [0.15, 0.2) is 11.6 Å². The highest BCUT2D eigenvalue weighted by molar-refractivity contribution is 5.93. The summed E-state index contributed by atoms with van der Waals surface area (Å²) in [7, 11) is 0. The normalized spacial score (nSPS) is 11.1. The van der Waals surface area contributed by atoms with Gasteiger partial charge in [-0.2, -0.15) is 0 Å². The number of hydrogen-bond acceptors (Lipinski definition) is 3. The van der Waals surface area contributed by atoms with Crippen LogP contribution in [0.5, 0.6) is 0 Å². The Morgan fingerprint density at radius 1 is 1.26 bits per heavy atom. The molecule has 0 fully saturated rings. The Hall–Kier alpha value is -2.43. The molecule has 0 amide bonds. The maximum absolute atomic E-state index is 13.4. The van der Waals surface area contributed by atoms with Crippen molar-refractivity contribution in [2.45, 2.75) is 13.8 Å². The molecule has 0 atom stereocenters. The number of nitrogens with two attached hydrogens (primary N) is 1. The van der Waals surface area contributed by atoms with Crippen LogP contribution >= 0.6 is 0 Å². The maximum Gasteiger partial charge on any atom is 0.165 e. The predicted molar refractivity (Wildman–Crippen MR) is 73.2 cm³/mol. The van der Waals surface area contributed by atoms with E-state index in [4.69, 9.17) is 5.73 Å².